The van der Waals surface area contributed by atoms with Crippen molar-refractivity contribution < 1.29 is 0 Å². The summed E-state index contributed by atoms with van der Waals surface area (Å²) in [6, 6.07) is 18.5. The van der Waals surface area contributed by atoms with E-state index in [9.17, 15) is 0 Å². The Bertz CT molecular complexity index is 757. The van der Waals surface area contributed by atoms with Crippen LogP contribution in [-0.4, -0.2) is 9.97 Å². The Morgan fingerprint density at radius 1 is 0.650 bits per heavy atom. The van der Waals surface area contributed by atoms with Crippen LogP contribution in [0.1, 0.15) is 17.0 Å². The van der Waals surface area contributed by atoms with Crippen LogP contribution in [0.4, 0.5) is 0 Å². The van der Waals surface area contributed by atoms with Crippen LogP contribution in [0.5, 0.6) is 0 Å². The quantitative estimate of drug-likeness (QED) is 0.513. The van der Waals surface area contributed by atoms with E-state index in [1.54, 1.807) is 0 Å². The predicted octanol–water partition coefficient (Wildman–Crippen LogP) is 4.05. The molecule has 0 aliphatic heterocycles. The average molecular weight is 256 g/mol. The standard InChI is InChI=1S/C18H12N2/c1-2-8-15-14(7-1)16-9-5-11-20-18(16)17(15)12-13-6-3-4-10-19-13/h1-12H. The lowest BCUT2D eigenvalue weighted by Crippen LogP contribution is -1.86. The second-order valence-corrected chi connectivity index (χ2v) is 4.76. The topological polar surface area (TPSA) is 25.8 Å². The molecule has 0 unspecified atom stereocenters. The third-order valence-corrected chi connectivity index (χ3v) is 3.55. The zero-order chi connectivity index (χ0) is 13.4. The van der Waals surface area contributed by atoms with Crippen molar-refractivity contribution in [1.82, 2.24) is 9.97 Å². The fourth-order valence-corrected chi connectivity index (χ4v) is 2.67. The minimum absolute atomic E-state index is 0.954. The molecule has 1 aliphatic carbocycles. The number of pyridine rings is 2. The lowest BCUT2D eigenvalue weighted by Gasteiger charge is -2.01. The number of aromatic nitrogens is 2. The third kappa shape index (κ3) is 1.66. The minimum Gasteiger partial charge on any atom is -0.257 e. The first-order chi connectivity index (χ1) is 9.93. The maximum atomic E-state index is 4.56. The number of benzene rings is 1. The van der Waals surface area contributed by atoms with Gasteiger partial charge in [0.05, 0.1) is 11.4 Å². The first-order valence-electron chi connectivity index (χ1n) is 6.61. The van der Waals surface area contributed by atoms with Crippen LogP contribution in [0, 0.1) is 0 Å². The van der Waals surface area contributed by atoms with Crippen LogP contribution in [0.15, 0.2) is 67.0 Å². The molecule has 20 heavy (non-hydrogen) atoms. The van der Waals surface area contributed by atoms with Crippen LogP contribution in [0.25, 0.3) is 22.8 Å². The number of hydrogen-bond donors (Lipinski definition) is 0. The molecule has 0 fully saturated rings. The van der Waals surface area contributed by atoms with Gasteiger partial charge in [-0.1, -0.05) is 36.4 Å². The molecule has 1 aromatic carbocycles. The molecule has 0 saturated heterocycles. The van der Waals surface area contributed by atoms with Crippen molar-refractivity contribution in [3.63, 3.8) is 0 Å². The average Bonchev–Trinajstić information content (AvgIpc) is 2.84. The Hall–Kier alpha value is -2.74. The Balaban J connectivity index is 1.99. The van der Waals surface area contributed by atoms with E-state index in [0.29, 0.717) is 0 Å². The molecule has 2 heterocycles. The lowest BCUT2D eigenvalue weighted by atomic mass is 10.0. The Morgan fingerprint density at radius 3 is 2.25 bits per heavy atom. The molecule has 4 rings (SSSR count). The maximum absolute atomic E-state index is 4.56. The monoisotopic (exact) mass is 256 g/mol. The molecule has 0 bridgehead atoms. The van der Waals surface area contributed by atoms with Gasteiger partial charge in [0.1, 0.15) is 0 Å². The highest BCUT2D eigenvalue weighted by Gasteiger charge is 2.23. The van der Waals surface area contributed by atoms with Gasteiger partial charge in [0.15, 0.2) is 0 Å². The molecule has 0 radical (unpaired) electrons. The van der Waals surface area contributed by atoms with Gasteiger partial charge in [-0.25, -0.2) is 0 Å². The van der Waals surface area contributed by atoms with Crippen molar-refractivity contribution in [3.05, 3.63) is 83.9 Å². The van der Waals surface area contributed by atoms with Gasteiger partial charge in [-0.2, -0.15) is 0 Å². The fraction of sp³-hybridized carbons (Fsp3) is 0. The first-order valence-corrected chi connectivity index (χ1v) is 6.61. The highest BCUT2D eigenvalue weighted by Crippen LogP contribution is 2.43. The molecule has 2 aromatic heterocycles. The summed E-state index contributed by atoms with van der Waals surface area (Å²) < 4.78 is 0. The van der Waals surface area contributed by atoms with Crippen molar-refractivity contribution in [1.29, 1.82) is 0 Å². The van der Waals surface area contributed by atoms with E-state index in [1.165, 1.54) is 16.7 Å². The molecule has 94 valence electrons. The van der Waals surface area contributed by atoms with Crippen LogP contribution in [0.3, 0.4) is 0 Å². The predicted molar refractivity (Wildman–Crippen MR) is 80.9 cm³/mol. The highest BCUT2D eigenvalue weighted by molar-refractivity contribution is 6.04. The first kappa shape index (κ1) is 11.1. The summed E-state index contributed by atoms with van der Waals surface area (Å²) in [4.78, 5) is 8.94. The van der Waals surface area contributed by atoms with Crippen molar-refractivity contribution in [2.75, 3.05) is 0 Å². The molecule has 2 nitrogen and oxygen atoms in total. The molecule has 3 aromatic rings. The van der Waals surface area contributed by atoms with Gasteiger partial charge in [0.2, 0.25) is 0 Å². The molecule has 0 atom stereocenters. The van der Waals surface area contributed by atoms with Gasteiger partial charge in [0.25, 0.3) is 0 Å². The second-order valence-electron chi connectivity index (χ2n) is 4.76. The van der Waals surface area contributed by atoms with Gasteiger partial charge < -0.3 is 0 Å². The van der Waals surface area contributed by atoms with E-state index >= 15 is 0 Å². The summed E-state index contributed by atoms with van der Waals surface area (Å²) in [5.74, 6) is 0. The van der Waals surface area contributed by atoms with Crippen LogP contribution in [0.2, 0.25) is 0 Å². The van der Waals surface area contributed by atoms with Crippen LogP contribution in [-0.2, 0) is 0 Å². The molecule has 0 saturated carbocycles. The van der Waals surface area contributed by atoms with Gasteiger partial charge >= 0.3 is 0 Å². The fourth-order valence-electron chi connectivity index (χ4n) is 2.67. The molecule has 2 heteroatoms. The van der Waals surface area contributed by atoms with Gasteiger partial charge in [-0.15, -0.1) is 0 Å². The van der Waals surface area contributed by atoms with E-state index in [2.05, 4.69) is 46.4 Å². The zero-order valence-electron chi connectivity index (χ0n) is 10.8. The molecular formula is C18H12N2. The number of fused-ring (bicyclic) bond motifs is 3. The number of nitrogens with zero attached hydrogens (tertiary/aromatic N) is 2. The molecule has 0 amide bonds. The van der Waals surface area contributed by atoms with Crippen molar-refractivity contribution in [2.24, 2.45) is 0 Å². The smallest absolute Gasteiger partial charge is 0.0787 e. The summed E-state index contributed by atoms with van der Waals surface area (Å²) in [6.45, 7) is 0. The maximum Gasteiger partial charge on any atom is 0.0787 e. The van der Waals surface area contributed by atoms with Crippen molar-refractivity contribution in [2.45, 2.75) is 0 Å². The van der Waals surface area contributed by atoms with Crippen LogP contribution >= 0.6 is 0 Å². The SMILES string of the molecule is C(=C1c2ccccc2-c2cccnc21)c1ccccn1. The lowest BCUT2D eigenvalue weighted by molar-refractivity contribution is 1.28. The third-order valence-electron chi connectivity index (χ3n) is 3.55. The molecule has 0 spiro atoms. The van der Waals surface area contributed by atoms with Gasteiger partial charge in [-0.05, 0) is 35.4 Å². The zero-order valence-corrected chi connectivity index (χ0v) is 10.8. The minimum atomic E-state index is 0.954. The van der Waals surface area contributed by atoms with E-state index in [-0.39, 0.29) is 0 Å². The summed E-state index contributed by atoms with van der Waals surface area (Å²) in [6.07, 6.45) is 5.77. The highest BCUT2D eigenvalue weighted by atomic mass is 14.7. The van der Waals surface area contributed by atoms with Crippen LogP contribution < -0.4 is 0 Å². The summed E-state index contributed by atoms with van der Waals surface area (Å²) >= 11 is 0. The van der Waals surface area contributed by atoms with E-state index in [1.807, 2.05) is 36.7 Å². The van der Waals surface area contributed by atoms with E-state index < -0.39 is 0 Å². The molecule has 1 aliphatic rings. The van der Waals surface area contributed by atoms with Gasteiger partial charge in [0, 0.05) is 23.5 Å². The number of hydrogen-bond acceptors (Lipinski definition) is 2. The molecule has 0 N–H and O–H groups in total. The molecular weight excluding hydrogens is 244 g/mol. The van der Waals surface area contributed by atoms with Crippen molar-refractivity contribution in [3.8, 4) is 11.1 Å². The van der Waals surface area contributed by atoms with E-state index in [4.69, 9.17) is 0 Å². The number of rotatable bonds is 1. The Kier molecular flexibility index (Phi) is 2.46. The largest absolute Gasteiger partial charge is 0.257 e. The van der Waals surface area contributed by atoms with Gasteiger partial charge in [-0.3, -0.25) is 9.97 Å². The normalized spacial score (nSPS) is 14.1. The summed E-state index contributed by atoms with van der Waals surface area (Å²) in [5, 5.41) is 0. The Labute approximate surface area is 117 Å². The Morgan fingerprint density at radius 2 is 1.40 bits per heavy atom. The summed E-state index contributed by atoms with van der Waals surface area (Å²) in [5.41, 5.74) is 6.82. The summed E-state index contributed by atoms with van der Waals surface area (Å²) in [7, 11) is 0. The second kappa shape index (κ2) is 4.42. The van der Waals surface area contributed by atoms with E-state index in [0.717, 1.165) is 17.0 Å². The van der Waals surface area contributed by atoms with Crippen molar-refractivity contribution >= 4 is 11.6 Å².